The molecule has 26 heavy (non-hydrogen) atoms. The molecule has 1 atom stereocenters. The van der Waals surface area contributed by atoms with E-state index in [0.717, 1.165) is 12.8 Å². The van der Waals surface area contributed by atoms with Crippen LogP contribution >= 0.6 is 0 Å². The number of rotatable bonds is 6. The summed E-state index contributed by atoms with van der Waals surface area (Å²) in [5.74, 6) is 1.26. The molecule has 1 aromatic rings. The molecule has 1 heterocycles. The summed E-state index contributed by atoms with van der Waals surface area (Å²) >= 11 is 0. The van der Waals surface area contributed by atoms with E-state index in [1.807, 2.05) is 13.8 Å². The van der Waals surface area contributed by atoms with Crippen LogP contribution in [0.4, 0.5) is 10.5 Å². The van der Waals surface area contributed by atoms with Crippen LogP contribution in [0.15, 0.2) is 18.2 Å². The Hall–Kier alpha value is -1.95. The average molecular weight is 362 g/mol. The first kappa shape index (κ1) is 18.8. The highest BCUT2D eigenvalue weighted by atomic mass is 16.5. The maximum Gasteiger partial charge on any atom is 0.319 e. The van der Waals surface area contributed by atoms with Gasteiger partial charge in [-0.2, -0.15) is 0 Å². The van der Waals surface area contributed by atoms with Gasteiger partial charge in [0.1, 0.15) is 0 Å². The van der Waals surface area contributed by atoms with Gasteiger partial charge < -0.3 is 24.8 Å². The number of anilines is 1. The zero-order chi connectivity index (χ0) is 18.6. The Kier molecular flexibility index (Phi) is 5.91. The van der Waals surface area contributed by atoms with Crippen molar-refractivity contribution in [2.24, 2.45) is 0 Å². The topological polar surface area (TPSA) is 68.8 Å². The molecular formula is C20H30N2O4. The van der Waals surface area contributed by atoms with Crippen LogP contribution in [0.25, 0.3) is 0 Å². The van der Waals surface area contributed by atoms with Gasteiger partial charge in [0.2, 0.25) is 0 Å². The number of amides is 2. The van der Waals surface area contributed by atoms with Crippen LogP contribution in [0.3, 0.4) is 0 Å². The molecule has 2 aliphatic rings. The minimum Gasteiger partial charge on any atom is -0.493 e. The van der Waals surface area contributed by atoms with Gasteiger partial charge >= 0.3 is 6.03 Å². The van der Waals surface area contributed by atoms with Crippen molar-refractivity contribution in [1.82, 2.24) is 5.32 Å². The Morgan fingerprint density at radius 2 is 2.04 bits per heavy atom. The molecule has 1 aliphatic heterocycles. The maximum absolute atomic E-state index is 12.2. The summed E-state index contributed by atoms with van der Waals surface area (Å²) < 4.78 is 17.3. The summed E-state index contributed by atoms with van der Waals surface area (Å²) in [6.45, 7) is 4.46. The molecule has 144 valence electrons. The maximum atomic E-state index is 12.2. The second-order valence-corrected chi connectivity index (χ2v) is 7.54. The van der Waals surface area contributed by atoms with E-state index < -0.39 is 0 Å². The molecule has 1 saturated heterocycles. The largest absolute Gasteiger partial charge is 0.493 e. The van der Waals surface area contributed by atoms with Crippen LogP contribution in [0, 0.1) is 0 Å². The Bertz CT molecular complexity index is 626. The number of methoxy groups -OCH3 is 1. The van der Waals surface area contributed by atoms with Crippen molar-refractivity contribution in [3.05, 3.63) is 18.2 Å². The Morgan fingerprint density at radius 3 is 2.73 bits per heavy atom. The fourth-order valence-corrected chi connectivity index (χ4v) is 3.90. The molecule has 3 rings (SSSR count). The van der Waals surface area contributed by atoms with Crippen molar-refractivity contribution in [2.45, 2.75) is 70.2 Å². The second-order valence-electron chi connectivity index (χ2n) is 7.54. The minimum absolute atomic E-state index is 0.0561. The van der Waals surface area contributed by atoms with E-state index in [0.29, 0.717) is 23.7 Å². The lowest BCUT2D eigenvalue weighted by atomic mass is 9.98. The third kappa shape index (κ3) is 4.61. The van der Waals surface area contributed by atoms with Gasteiger partial charge in [-0.15, -0.1) is 0 Å². The van der Waals surface area contributed by atoms with Gasteiger partial charge in [0.15, 0.2) is 11.5 Å². The highest BCUT2D eigenvalue weighted by Crippen LogP contribution is 2.43. The van der Waals surface area contributed by atoms with E-state index in [4.69, 9.17) is 14.2 Å². The molecule has 1 saturated carbocycles. The van der Waals surface area contributed by atoms with E-state index in [9.17, 15) is 4.79 Å². The fourth-order valence-electron chi connectivity index (χ4n) is 3.90. The van der Waals surface area contributed by atoms with Crippen molar-refractivity contribution in [3.8, 4) is 11.5 Å². The summed E-state index contributed by atoms with van der Waals surface area (Å²) in [5.41, 5.74) is 0.762. The SMILES string of the molecule is COc1cc(NC(=O)NCC2CCC3(CCCC3)O2)ccc1OC(C)C. The fraction of sp³-hybridized carbons (Fsp3) is 0.650. The number of carbonyl (C=O) groups excluding carboxylic acids is 1. The molecule has 0 bridgehead atoms. The predicted molar refractivity (Wildman–Crippen MR) is 101 cm³/mol. The molecule has 1 spiro atoms. The van der Waals surface area contributed by atoms with Crippen molar-refractivity contribution in [2.75, 3.05) is 19.0 Å². The third-order valence-electron chi connectivity index (χ3n) is 5.13. The molecule has 2 N–H and O–H groups in total. The van der Waals surface area contributed by atoms with Gasteiger partial charge in [-0.1, -0.05) is 12.8 Å². The average Bonchev–Trinajstić information content (AvgIpc) is 3.24. The molecule has 6 heteroatoms. The standard InChI is InChI=1S/C20H30N2O4/c1-14(2)25-17-7-6-15(12-18(17)24-3)22-19(23)21-13-16-8-11-20(26-16)9-4-5-10-20/h6-7,12,14,16H,4-5,8-11,13H2,1-3H3,(H2,21,22,23). The molecule has 2 amide bonds. The van der Waals surface area contributed by atoms with Crippen LogP contribution in [-0.2, 0) is 4.74 Å². The van der Waals surface area contributed by atoms with Crippen LogP contribution < -0.4 is 20.1 Å². The van der Waals surface area contributed by atoms with Gasteiger partial charge in [-0.05, 0) is 51.7 Å². The lowest BCUT2D eigenvalue weighted by Gasteiger charge is -2.23. The van der Waals surface area contributed by atoms with Gasteiger partial charge in [0.05, 0.1) is 24.9 Å². The molecule has 1 aromatic carbocycles. The molecule has 6 nitrogen and oxygen atoms in total. The zero-order valence-corrected chi connectivity index (χ0v) is 16.0. The summed E-state index contributed by atoms with van der Waals surface area (Å²) in [7, 11) is 1.59. The summed E-state index contributed by atoms with van der Waals surface area (Å²) in [6.07, 6.45) is 7.18. The predicted octanol–water partition coefficient (Wildman–Crippen LogP) is 4.10. The van der Waals surface area contributed by atoms with E-state index in [1.165, 1.54) is 25.7 Å². The monoisotopic (exact) mass is 362 g/mol. The van der Waals surface area contributed by atoms with Gasteiger partial charge in [0.25, 0.3) is 0 Å². The Balaban J connectivity index is 1.49. The lowest BCUT2D eigenvalue weighted by Crippen LogP contribution is -2.36. The van der Waals surface area contributed by atoms with Crippen molar-refractivity contribution >= 4 is 11.7 Å². The van der Waals surface area contributed by atoms with Crippen molar-refractivity contribution in [1.29, 1.82) is 0 Å². The summed E-state index contributed by atoms with van der Waals surface area (Å²) in [6, 6.07) is 5.13. The van der Waals surface area contributed by atoms with E-state index in [-0.39, 0.29) is 23.8 Å². The molecule has 1 unspecified atom stereocenters. The highest BCUT2D eigenvalue weighted by Gasteiger charge is 2.42. The van der Waals surface area contributed by atoms with Gasteiger partial charge in [0, 0.05) is 18.3 Å². The van der Waals surface area contributed by atoms with E-state index in [2.05, 4.69) is 10.6 Å². The first-order chi connectivity index (χ1) is 12.5. The first-order valence-corrected chi connectivity index (χ1v) is 9.57. The Labute approximate surface area is 155 Å². The third-order valence-corrected chi connectivity index (χ3v) is 5.13. The van der Waals surface area contributed by atoms with Gasteiger partial charge in [-0.3, -0.25) is 0 Å². The quantitative estimate of drug-likeness (QED) is 0.799. The number of urea groups is 1. The second kappa shape index (κ2) is 8.16. The number of ether oxygens (including phenoxy) is 3. The molecule has 1 aliphatic carbocycles. The summed E-state index contributed by atoms with van der Waals surface area (Å²) in [4.78, 5) is 12.2. The number of hydrogen-bond acceptors (Lipinski definition) is 4. The number of benzene rings is 1. The van der Waals surface area contributed by atoms with Crippen LogP contribution in [0.2, 0.25) is 0 Å². The van der Waals surface area contributed by atoms with Crippen LogP contribution in [0.5, 0.6) is 11.5 Å². The van der Waals surface area contributed by atoms with Gasteiger partial charge in [-0.25, -0.2) is 4.79 Å². The highest BCUT2D eigenvalue weighted by molar-refractivity contribution is 5.89. The van der Waals surface area contributed by atoms with E-state index >= 15 is 0 Å². The zero-order valence-electron chi connectivity index (χ0n) is 16.0. The van der Waals surface area contributed by atoms with Crippen molar-refractivity contribution in [3.63, 3.8) is 0 Å². The number of carbonyl (C=O) groups is 1. The van der Waals surface area contributed by atoms with Crippen LogP contribution in [0.1, 0.15) is 52.4 Å². The molecule has 0 aromatic heterocycles. The first-order valence-electron chi connectivity index (χ1n) is 9.57. The summed E-state index contributed by atoms with van der Waals surface area (Å²) in [5, 5.41) is 5.76. The molecule has 2 fully saturated rings. The van der Waals surface area contributed by atoms with Crippen LogP contribution in [-0.4, -0.2) is 37.5 Å². The number of hydrogen-bond donors (Lipinski definition) is 2. The smallest absolute Gasteiger partial charge is 0.319 e. The molecular weight excluding hydrogens is 332 g/mol. The molecule has 0 radical (unpaired) electrons. The Morgan fingerprint density at radius 1 is 1.27 bits per heavy atom. The van der Waals surface area contributed by atoms with Crippen molar-refractivity contribution < 1.29 is 19.0 Å². The minimum atomic E-state index is -0.236. The normalized spacial score (nSPS) is 21.2. The lowest BCUT2D eigenvalue weighted by molar-refractivity contribution is -0.0340. The van der Waals surface area contributed by atoms with E-state index in [1.54, 1.807) is 25.3 Å². The number of nitrogens with one attached hydrogen (secondary N) is 2.